The van der Waals surface area contributed by atoms with E-state index >= 15 is 0 Å². The van der Waals surface area contributed by atoms with Gasteiger partial charge in [-0.1, -0.05) is 0 Å². The van der Waals surface area contributed by atoms with Gasteiger partial charge in [-0.05, 0) is 31.5 Å². The number of methoxy groups -OCH3 is 2. The van der Waals surface area contributed by atoms with E-state index in [1.807, 2.05) is 19.9 Å². The summed E-state index contributed by atoms with van der Waals surface area (Å²) in [4.78, 5) is 4.75. The minimum absolute atomic E-state index is 0.623. The summed E-state index contributed by atoms with van der Waals surface area (Å²) in [5.41, 5.74) is 0.578. The van der Waals surface area contributed by atoms with E-state index in [9.17, 15) is 5.11 Å². The van der Waals surface area contributed by atoms with Crippen molar-refractivity contribution in [2.75, 3.05) is 46.9 Å². The van der Waals surface area contributed by atoms with Crippen LogP contribution in [0.25, 0.3) is 0 Å². The van der Waals surface area contributed by atoms with E-state index in [4.69, 9.17) is 9.47 Å². The molecular weight excluding hydrogens is 280 g/mol. The van der Waals surface area contributed by atoms with Crippen LogP contribution in [0.5, 0.6) is 11.5 Å². The van der Waals surface area contributed by atoms with Crippen LogP contribution in [0, 0.1) is 0 Å². The summed E-state index contributed by atoms with van der Waals surface area (Å²) in [5, 5.41) is 9.90. The van der Waals surface area contributed by atoms with Crippen LogP contribution in [-0.4, -0.2) is 67.5 Å². The molecule has 0 saturated carbocycles. The molecule has 124 valence electrons. The molecule has 1 aliphatic heterocycles. The lowest BCUT2D eigenvalue weighted by molar-refractivity contribution is 0.0166. The van der Waals surface area contributed by atoms with Crippen LogP contribution >= 0.6 is 0 Å². The molecule has 1 aromatic carbocycles. The first-order valence-electron chi connectivity index (χ1n) is 7.78. The summed E-state index contributed by atoms with van der Waals surface area (Å²) in [5.74, 6) is 1.66. The van der Waals surface area contributed by atoms with Gasteiger partial charge in [0.15, 0.2) is 0 Å². The highest BCUT2D eigenvalue weighted by Crippen LogP contribution is 2.23. The SMILES string of the molecule is COc1cc(CN2CCN(CC(C)(C)O)CC2)cc(OC)c1. The van der Waals surface area contributed by atoms with Crippen molar-refractivity contribution in [2.45, 2.75) is 26.0 Å². The lowest BCUT2D eigenvalue weighted by Gasteiger charge is -2.37. The lowest BCUT2D eigenvalue weighted by atomic mass is 10.1. The minimum Gasteiger partial charge on any atom is -0.497 e. The molecule has 0 spiro atoms. The van der Waals surface area contributed by atoms with E-state index < -0.39 is 5.60 Å². The maximum Gasteiger partial charge on any atom is 0.122 e. The number of nitrogens with zero attached hydrogens (tertiary/aromatic N) is 2. The predicted octanol–water partition coefficient (Wildman–Crippen LogP) is 1.59. The molecule has 0 unspecified atom stereocenters. The Morgan fingerprint density at radius 3 is 1.91 bits per heavy atom. The third-order valence-electron chi connectivity index (χ3n) is 3.89. The lowest BCUT2D eigenvalue weighted by Crippen LogP contribution is -2.50. The van der Waals surface area contributed by atoms with E-state index in [0.717, 1.165) is 50.8 Å². The van der Waals surface area contributed by atoms with Gasteiger partial charge in [-0.15, -0.1) is 0 Å². The van der Waals surface area contributed by atoms with Crippen molar-refractivity contribution in [1.29, 1.82) is 0 Å². The van der Waals surface area contributed by atoms with E-state index in [0.29, 0.717) is 0 Å². The third kappa shape index (κ3) is 5.16. The van der Waals surface area contributed by atoms with Crippen molar-refractivity contribution in [2.24, 2.45) is 0 Å². The van der Waals surface area contributed by atoms with Gasteiger partial charge in [0.2, 0.25) is 0 Å². The van der Waals surface area contributed by atoms with Gasteiger partial charge in [0.05, 0.1) is 19.8 Å². The Kier molecular flexibility index (Phi) is 5.67. The van der Waals surface area contributed by atoms with Gasteiger partial charge in [-0.2, -0.15) is 0 Å². The van der Waals surface area contributed by atoms with Crippen LogP contribution in [0.15, 0.2) is 18.2 Å². The monoisotopic (exact) mass is 308 g/mol. The van der Waals surface area contributed by atoms with Crippen LogP contribution in [0.2, 0.25) is 0 Å². The Morgan fingerprint density at radius 1 is 0.955 bits per heavy atom. The van der Waals surface area contributed by atoms with E-state index in [1.54, 1.807) is 14.2 Å². The number of ether oxygens (including phenoxy) is 2. The maximum absolute atomic E-state index is 9.90. The smallest absolute Gasteiger partial charge is 0.122 e. The summed E-state index contributed by atoms with van der Waals surface area (Å²) in [6.45, 7) is 9.35. The topological polar surface area (TPSA) is 45.2 Å². The van der Waals surface area contributed by atoms with Gasteiger partial charge >= 0.3 is 0 Å². The molecule has 5 heteroatoms. The average molecular weight is 308 g/mol. The van der Waals surface area contributed by atoms with Gasteiger partial charge in [0, 0.05) is 45.3 Å². The Labute approximate surface area is 133 Å². The number of piperazine rings is 1. The second-order valence-electron chi connectivity index (χ2n) is 6.59. The quantitative estimate of drug-likeness (QED) is 0.865. The van der Waals surface area contributed by atoms with E-state index in [2.05, 4.69) is 21.9 Å². The summed E-state index contributed by atoms with van der Waals surface area (Å²) in [6, 6.07) is 6.02. The third-order valence-corrected chi connectivity index (χ3v) is 3.89. The number of hydrogen-bond acceptors (Lipinski definition) is 5. The number of rotatable bonds is 6. The van der Waals surface area contributed by atoms with E-state index in [1.165, 1.54) is 5.56 Å². The zero-order chi connectivity index (χ0) is 16.2. The molecule has 2 rings (SSSR count). The molecule has 0 aromatic heterocycles. The van der Waals surface area contributed by atoms with Crippen molar-refractivity contribution < 1.29 is 14.6 Å². The van der Waals surface area contributed by atoms with Gasteiger partial charge in [-0.3, -0.25) is 9.80 Å². The second-order valence-corrected chi connectivity index (χ2v) is 6.59. The fourth-order valence-corrected chi connectivity index (χ4v) is 2.87. The first-order chi connectivity index (χ1) is 10.4. The van der Waals surface area contributed by atoms with Crippen molar-refractivity contribution in [3.8, 4) is 11.5 Å². The minimum atomic E-state index is -0.623. The molecule has 1 heterocycles. The van der Waals surface area contributed by atoms with Crippen LogP contribution in [0.4, 0.5) is 0 Å². The molecule has 0 amide bonds. The second kappa shape index (κ2) is 7.31. The first kappa shape index (κ1) is 17.1. The molecule has 1 N–H and O–H groups in total. The number of benzene rings is 1. The summed E-state index contributed by atoms with van der Waals surface area (Å²) >= 11 is 0. The summed E-state index contributed by atoms with van der Waals surface area (Å²) < 4.78 is 10.6. The van der Waals surface area contributed by atoms with Crippen molar-refractivity contribution in [3.63, 3.8) is 0 Å². The van der Waals surface area contributed by atoms with Crippen molar-refractivity contribution in [3.05, 3.63) is 23.8 Å². The maximum atomic E-state index is 9.90. The predicted molar refractivity (Wildman–Crippen MR) is 87.6 cm³/mol. The van der Waals surface area contributed by atoms with E-state index in [-0.39, 0.29) is 0 Å². The molecule has 1 fully saturated rings. The van der Waals surface area contributed by atoms with Gasteiger partial charge in [0.1, 0.15) is 11.5 Å². The Morgan fingerprint density at radius 2 is 1.45 bits per heavy atom. The molecule has 1 aliphatic rings. The Bertz CT molecular complexity index is 455. The van der Waals surface area contributed by atoms with Crippen molar-refractivity contribution >= 4 is 0 Å². The number of hydrogen-bond donors (Lipinski definition) is 1. The zero-order valence-electron chi connectivity index (χ0n) is 14.1. The number of β-amino-alcohol motifs (C(OH)–C–C–N with tert-alkyl or cyclic N) is 1. The fraction of sp³-hybridized carbons (Fsp3) is 0.647. The number of aliphatic hydroxyl groups is 1. The molecule has 1 aromatic rings. The fourth-order valence-electron chi connectivity index (χ4n) is 2.87. The molecule has 0 aliphatic carbocycles. The normalized spacial score (nSPS) is 17.5. The average Bonchev–Trinajstić information content (AvgIpc) is 2.47. The van der Waals surface area contributed by atoms with Crippen LogP contribution < -0.4 is 9.47 Å². The largest absolute Gasteiger partial charge is 0.497 e. The molecule has 5 nitrogen and oxygen atoms in total. The van der Waals surface area contributed by atoms with Gasteiger partial charge in [0.25, 0.3) is 0 Å². The van der Waals surface area contributed by atoms with Crippen LogP contribution in [-0.2, 0) is 6.54 Å². The Balaban J connectivity index is 1.90. The molecular formula is C17H28N2O3. The zero-order valence-corrected chi connectivity index (χ0v) is 14.1. The van der Waals surface area contributed by atoms with Gasteiger partial charge < -0.3 is 14.6 Å². The van der Waals surface area contributed by atoms with Crippen molar-refractivity contribution in [1.82, 2.24) is 9.80 Å². The van der Waals surface area contributed by atoms with Crippen LogP contribution in [0.3, 0.4) is 0 Å². The molecule has 22 heavy (non-hydrogen) atoms. The van der Waals surface area contributed by atoms with Crippen LogP contribution in [0.1, 0.15) is 19.4 Å². The first-order valence-corrected chi connectivity index (χ1v) is 7.78. The molecule has 0 atom stereocenters. The van der Waals surface area contributed by atoms with Gasteiger partial charge in [-0.25, -0.2) is 0 Å². The highest BCUT2D eigenvalue weighted by molar-refractivity contribution is 5.38. The molecule has 1 saturated heterocycles. The molecule has 0 radical (unpaired) electrons. The summed E-state index contributed by atoms with van der Waals surface area (Å²) in [7, 11) is 3.35. The highest BCUT2D eigenvalue weighted by Gasteiger charge is 2.22. The standard InChI is InChI=1S/C17H28N2O3/c1-17(2,20)13-19-7-5-18(6-8-19)12-14-9-15(21-3)11-16(10-14)22-4/h9-11,20H,5-8,12-13H2,1-4H3. The summed E-state index contributed by atoms with van der Waals surface area (Å²) in [6.07, 6.45) is 0. The highest BCUT2D eigenvalue weighted by atomic mass is 16.5. The Hall–Kier alpha value is -1.30. The molecule has 0 bridgehead atoms.